The van der Waals surface area contributed by atoms with Gasteiger partial charge in [-0.3, -0.25) is 0 Å². The Balaban J connectivity index is 0.000000171. The number of nitrogens with two attached hydrogens (primary N) is 1. The number of aryl methyl sites for hydroxylation is 2. The highest BCUT2D eigenvalue weighted by molar-refractivity contribution is 5.82. The van der Waals surface area contributed by atoms with Crippen LogP contribution in [0.1, 0.15) is 44.3 Å². The molecule has 0 aromatic carbocycles. The van der Waals surface area contributed by atoms with Crippen molar-refractivity contribution < 1.29 is 0 Å². The van der Waals surface area contributed by atoms with Crippen LogP contribution >= 0.6 is 0 Å². The van der Waals surface area contributed by atoms with E-state index >= 15 is 0 Å². The molecule has 162 valence electrons. The molecular formula is C23H30N8. The summed E-state index contributed by atoms with van der Waals surface area (Å²) in [6, 6.07) is 6.90. The van der Waals surface area contributed by atoms with Crippen LogP contribution in [0.25, 0.3) is 27.9 Å². The number of rotatable bonds is 2. The highest BCUT2D eigenvalue weighted by Crippen LogP contribution is 2.27. The third-order valence-electron chi connectivity index (χ3n) is 6.63. The average molecular weight is 419 g/mol. The second kappa shape index (κ2) is 8.26. The number of hydrogen-bond donors (Lipinski definition) is 1. The van der Waals surface area contributed by atoms with Gasteiger partial charge < -0.3 is 15.2 Å². The first-order valence-electron chi connectivity index (χ1n) is 11.2. The molecule has 8 heteroatoms. The Kier molecular flexibility index (Phi) is 5.31. The molecule has 0 spiro atoms. The smallest absolute Gasteiger partial charge is 0.238 e. The molecule has 0 radical (unpaired) electrons. The van der Waals surface area contributed by atoms with Crippen LogP contribution < -0.4 is 5.73 Å². The van der Waals surface area contributed by atoms with Crippen molar-refractivity contribution >= 4 is 22.6 Å². The van der Waals surface area contributed by atoms with Crippen molar-refractivity contribution in [2.75, 3.05) is 18.8 Å². The predicted octanol–water partition coefficient (Wildman–Crippen LogP) is 3.59. The Morgan fingerprint density at radius 3 is 2.55 bits per heavy atom. The maximum Gasteiger partial charge on any atom is 0.238 e. The Morgan fingerprint density at radius 2 is 1.81 bits per heavy atom. The van der Waals surface area contributed by atoms with Crippen LogP contribution in [-0.2, 0) is 7.05 Å². The Morgan fingerprint density at radius 1 is 1.00 bits per heavy atom. The fraction of sp³-hybridized carbons (Fsp3) is 0.478. The lowest BCUT2D eigenvalue weighted by Gasteiger charge is -2.39. The quantitative estimate of drug-likeness (QED) is 0.535. The minimum atomic E-state index is 0.246. The fourth-order valence-electron chi connectivity index (χ4n) is 4.49. The van der Waals surface area contributed by atoms with Gasteiger partial charge in [0.25, 0.3) is 0 Å². The number of nitrogens with zero attached hydrogens (tertiary/aromatic N) is 7. The minimum Gasteiger partial charge on any atom is -0.367 e. The van der Waals surface area contributed by atoms with Gasteiger partial charge in [-0.2, -0.15) is 0 Å². The first-order chi connectivity index (χ1) is 15.1. The molecule has 0 bridgehead atoms. The van der Waals surface area contributed by atoms with E-state index in [0.717, 1.165) is 39.8 Å². The summed E-state index contributed by atoms with van der Waals surface area (Å²) in [4.78, 5) is 15.9. The van der Waals surface area contributed by atoms with Crippen LogP contribution in [0.4, 0.5) is 5.95 Å². The van der Waals surface area contributed by atoms with Crippen molar-refractivity contribution in [1.82, 2.24) is 34.0 Å². The molecule has 4 aromatic rings. The minimum absolute atomic E-state index is 0.246. The molecule has 1 saturated heterocycles. The van der Waals surface area contributed by atoms with Crippen LogP contribution in [0.2, 0.25) is 0 Å². The zero-order valence-electron chi connectivity index (χ0n) is 18.3. The van der Waals surface area contributed by atoms with Crippen molar-refractivity contribution in [2.45, 2.75) is 51.5 Å². The predicted molar refractivity (Wildman–Crippen MR) is 123 cm³/mol. The normalized spacial score (nSPS) is 17.5. The Hall–Kier alpha value is -3.00. The van der Waals surface area contributed by atoms with Crippen molar-refractivity contribution in [3.05, 3.63) is 36.4 Å². The monoisotopic (exact) mass is 418 g/mol. The zero-order chi connectivity index (χ0) is 21.4. The molecule has 2 N–H and O–H groups in total. The molecule has 0 atom stereocenters. The van der Waals surface area contributed by atoms with Crippen LogP contribution in [0.3, 0.4) is 0 Å². The van der Waals surface area contributed by atoms with Gasteiger partial charge in [-0.05, 0) is 63.9 Å². The Labute approximate surface area is 182 Å². The van der Waals surface area contributed by atoms with Gasteiger partial charge >= 0.3 is 0 Å². The standard InChI is InChI=1S/C14H13N7.C9H17N/c1-8-17-11-4-3-10(18-13(11)20(8)2)9-5-6-21-12(9)7-16-14(15)19-21;1-2-7-10(8-3-1)9-5-4-6-9/h3-7H,1-2H3,(H2,15,19);9H,1-8H2. The molecule has 5 heterocycles. The van der Waals surface area contributed by atoms with E-state index in [1.807, 2.05) is 42.9 Å². The topological polar surface area (TPSA) is 90.2 Å². The summed E-state index contributed by atoms with van der Waals surface area (Å²) in [6.45, 7) is 4.75. The third-order valence-corrected chi connectivity index (χ3v) is 6.63. The number of fused-ring (bicyclic) bond motifs is 2. The number of imidazole rings is 1. The van der Waals surface area contributed by atoms with E-state index in [9.17, 15) is 0 Å². The summed E-state index contributed by atoms with van der Waals surface area (Å²) < 4.78 is 3.68. The van der Waals surface area contributed by atoms with Crippen molar-refractivity contribution in [2.24, 2.45) is 7.05 Å². The first kappa shape index (κ1) is 19.9. The van der Waals surface area contributed by atoms with Gasteiger partial charge in [0.1, 0.15) is 11.3 Å². The van der Waals surface area contributed by atoms with E-state index in [1.165, 1.54) is 51.6 Å². The maximum atomic E-state index is 5.60. The summed E-state index contributed by atoms with van der Waals surface area (Å²) in [7, 11) is 1.96. The largest absolute Gasteiger partial charge is 0.367 e. The molecule has 1 aliphatic carbocycles. The molecule has 6 rings (SSSR count). The van der Waals surface area contributed by atoms with E-state index in [4.69, 9.17) is 10.7 Å². The lowest BCUT2D eigenvalue weighted by Crippen LogP contribution is -2.42. The summed E-state index contributed by atoms with van der Waals surface area (Å²) >= 11 is 0. The highest BCUT2D eigenvalue weighted by Gasteiger charge is 2.25. The molecule has 1 aliphatic heterocycles. The Bertz CT molecular complexity index is 1200. The molecule has 8 nitrogen and oxygen atoms in total. The molecule has 31 heavy (non-hydrogen) atoms. The van der Waals surface area contributed by atoms with E-state index in [0.29, 0.717) is 0 Å². The van der Waals surface area contributed by atoms with Crippen molar-refractivity contribution in [3.63, 3.8) is 0 Å². The SMILES string of the molecule is C1CCN(C2CCC2)CC1.Cc1nc2ccc(-c3ccn4nc(N)ncc34)nc2n1C. The summed E-state index contributed by atoms with van der Waals surface area (Å²) in [6.07, 6.45) is 12.4. The lowest BCUT2D eigenvalue weighted by atomic mass is 9.90. The summed E-state index contributed by atoms with van der Waals surface area (Å²) in [5.74, 6) is 1.18. The van der Waals surface area contributed by atoms with Gasteiger partial charge in [0.15, 0.2) is 5.65 Å². The average Bonchev–Trinajstić information content (AvgIpc) is 3.28. The molecule has 0 amide bonds. The molecule has 1 saturated carbocycles. The van der Waals surface area contributed by atoms with E-state index in [-0.39, 0.29) is 5.95 Å². The first-order valence-corrected chi connectivity index (χ1v) is 11.2. The maximum absolute atomic E-state index is 5.60. The number of pyridine rings is 1. The third kappa shape index (κ3) is 3.87. The van der Waals surface area contributed by atoms with E-state index in [2.05, 4.69) is 20.0 Å². The second-order valence-corrected chi connectivity index (χ2v) is 8.61. The highest BCUT2D eigenvalue weighted by atomic mass is 15.3. The van der Waals surface area contributed by atoms with Gasteiger partial charge in [-0.25, -0.2) is 19.5 Å². The van der Waals surface area contributed by atoms with E-state index < -0.39 is 0 Å². The van der Waals surface area contributed by atoms with Crippen molar-refractivity contribution in [1.29, 1.82) is 0 Å². The van der Waals surface area contributed by atoms with Gasteiger partial charge in [0, 0.05) is 24.8 Å². The number of anilines is 1. The van der Waals surface area contributed by atoms with Crippen LogP contribution in [0, 0.1) is 6.92 Å². The molecule has 2 aliphatic rings. The van der Waals surface area contributed by atoms with E-state index in [1.54, 1.807) is 10.7 Å². The number of hydrogen-bond acceptors (Lipinski definition) is 6. The molecule has 4 aromatic heterocycles. The fourth-order valence-corrected chi connectivity index (χ4v) is 4.49. The van der Waals surface area contributed by atoms with Crippen LogP contribution in [-0.4, -0.2) is 53.2 Å². The van der Waals surface area contributed by atoms with Gasteiger partial charge in [0.2, 0.25) is 5.95 Å². The molecular weight excluding hydrogens is 388 g/mol. The van der Waals surface area contributed by atoms with Crippen molar-refractivity contribution in [3.8, 4) is 11.3 Å². The summed E-state index contributed by atoms with van der Waals surface area (Å²) in [5, 5.41) is 4.14. The van der Waals surface area contributed by atoms with Gasteiger partial charge in [-0.1, -0.05) is 12.8 Å². The number of nitrogen functional groups attached to an aromatic ring is 1. The van der Waals surface area contributed by atoms with Gasteiger partial charge in [0.05, 0.1) is 17.4 Å². The summed E-state index contributed by atoms with van der Waals surface area (Å²) in [5.41, 5.74) is 10.1. The van der Waals surface area contributed by atoms with Crippen LogP contribution in [0.15, 0.2) is 30.6 Å². The number of likely N-dealkylation sites (tertiary alicyclic amines) is 1. The zero-order valence-corrected chi connectivity index (χ0v) is 18.3. The van der Waals surface area contributed by atoms with Gasteiger partial charge in [-0.15, -0.1) is 5.10 Å². The van der Waals surface area contributed by atoms with Crippen LogP contribution in [0.5, 0.6) is 0 Å². The number of piperidine rings is 1. The lowest BCUT2D eigenvalue weighted by molar-refractivity contribution is 0.105. The number of aromatic nitrogens is 6. The molecule has 2 fully saturated rings. The molecule has 0 unspecified atom stereocenters. The second-order valence-electron chi connectivity index (χ2n) is 8.61.